The summed E-state index contributed by atoms with van der Waals surface area (Å²) in [6, 6.07) is 0.599. The molecule has 2 aromatic rings. The van der Waals surface area contributed by atoms with Crippen LogP contribution in [0.4, 0.5) is 0 Å². The molecule has 0 N–H and O–H groups in total. The summed E-state index contributed by atoms with van der Waals surface area (Å²) in [5.74, 6) is 0. The molecule has 3 nitrogen and oxygen atoms in total. The first-order valence-electron chi connectivity index (χ1n) is 5.75. The normalized spacial score (nSPS) is 17.4. The van der Waals surface area contributed by atoms with E-state index in [4.69, 9.17) is 11.6 Å². The monoisotopic (exact) mass is 235 g/mol. The van der Waals surface area contributed by atoms with Gasteiger partial charge in [-0.25, -0.2) is 9.97 Å². The van der Waals surface area contributed by atoms with Gasteiger partial charge in [-0.05, 0) is 25.3 Å². The lowest BCUT2D eigenvalue weighted by atomic mass is 10.2. The summed E-state index contributed by atoms with van der Waals surface area (Å²) in [6.07, 6.45) is 8.87. The summed E-state index contributed by atoms with van der Waals surface area (Å²) in [4.78, 5) is 8.42. The van der Waals surface area contributed by atoms with Crippen molar-refractivity contribution in [1.29, 1.82) is 0 Å². The van der Waals surface area contributed by atoms with Gasteiger partial charge in [0.25, 0.3) is 0 Å². The van der Waals surface area contributed by atoms with Crippen LogP contribution in [0.5, 0.6) is 0 Å². The summed E-state index contributed by atoms with van der Waals surface area (Å²) >= 11 is 6.12. The minimum Gasteiger partial charge on any atom is -0.329 e. The summed E-state index contributed by atoms with van der Waals surface area (Å²) in [7, 11) is 0. The van der Waals surface area contributed by atoms with Gasteiger partial charge in [-0.2, -0.15) is 0 Å². The summed E-state index contributed by atoms with van der Waals surface area (Å²) < 4.78 is 2.28. The number of aryl methyl sites for hydroxylation is 1. The molecule has 3 rings (SSSR count). The highest BCUT2D eigenvalue weighted by Gasteiger charge is 2.20. The van der Waals surface area contributed by atoms with Crippen molar-refractivity contribution in [1.82, 2.24) is 14.5 Å². The summed E-state index contributed by atoms with van der Waals surface area (Å²) in [6.45, 7) is 2.07. The molecule has 16 heavy (non-hydrogen) atoms. The molecule has 1 fully saturated rings. The minimum absolute atomic E-state index is 0.569. The number of hydrogen-bond acceptors (Lipinski definition) is 2. The molecule has 0 atom stereocenters. The summed E-state index contributed by atoms with van der Waals surface area (Å²) in [5, 5.41) is 1.58. The maximum absolute atomic E-state index is 6.12. The molecule has 1 aliphatic rings. The van der Waals surface area contributed by atoms with Gasteiger partial charge in [0.05, 0.1) is 5.39 Å². The first kappa shape index (κ1) is 10.1. The fourth-order valence-corrected chi connectivity index (χ4v) is 2.96. The van der Waals surface area contributed by atoms with Crippen molar-refractivity contribution >= 4 is 22.6 Å². The van der Waals surface area contributed by atoms with Gasteiger partial charge in [-0.1, -0.05) is 24.4 Å². The van der Waals surface area contributed by atoms with Gasteiger partial charge >= 0.3 is 0 Å². The van der Waals surface area contributed by atoms with Crippen LogP contribution in [0.1, 0.15) is 37.3 Å². The van der Waals surface area contributed by atoms with E-state index in [9.17, 15) is 0 Å². The van der Waals surface area contributed by atoms with Crippen LogP contribution < -0.4 is 0 Å². The van der Waals surface area contributed by atoms with Crippen LogP contribution in [0.3, 0.4) is 0 Å². The molecule has 0 unspecified atom stereocenters. The van der Waals surface area contributed by atoms with Crippen LogP contribution in [0.25, 0.3) is 11.0 Å². The molecule has 2 heterocycles. The van der Waals surface area contributed by atoms with Crippen LogP contribution in [-0.2, 0) is 0 Å². The van der Waals surface area contributed by atoms with E-state index in [1.54, 1.807) is 6.33 Å². The van der Waals surface area contributed by atoms with E-state index in [-0.39, 0.29) is 0 Å². The third-order valence-electron chi connectivity index (χ3n) is 3.47. The van der Waals surface area contributed by atoms with Crippen molar-refractivity contribution in [2.75, 3.05) is 0 Å². The highest BCUT2D eigenvalue weighted by atomic mass is 35.5. The van der Waals surface area contributed by atoms with Crippen LogP contribution >= 0.6 is 11.6 Å². The number of halogens is 1. The zero-order valence-electron chi connectivity index (χ0n) is 9.28. The molecule has 0 spiro atoms. The lowest BCUT2D eigenvalue weighted by molar-refractivity contribution is 0.531. The van der Waals surface area contributed by atoms with E-state index >= 15 is 0 Å². The molecule has 0 radical (unpaired) electrons. The van der Waals surface area contributed by atoms with Gasteiger partial charge in [0, 0.05) is 12.2 Å². The highest BCUT2D eigenvalue weighted by molar-refractivity contribution is 6.34. The molecule has 1 saturated carbocycles. The zero-order valence-corrected chi connectivity index (χ0v) is 10.0. The molecule has 0 aromatic carbocycles. The number of fused-ring (bicyclic) bond motifs is 1. The van der Waals surface area contributed by atoms with E-state index in [0.717, 1.165) is 11.0 Å². The maximum atomic E-state index is 6.12. The molecule has 1 aliphatic carbocycles. The van der Waals surface area contributed by atoms with Gasteiger partial charge in [-0.3, -0.25) is 0 Å². The van der Waals surface area contributed by atoms with E-state index in [0.29, 0.717) is 11.2 Å². The summed E-state index contributed by atoms with van der Waals surface area (Å²) in [5.41, 5.74) is 2.16. The van der Waals surface area contributed by atoms with Crippen molar-refractivity contribution in [3.63, 3.8) is 0 Å². The van der Waals surface area contributed by atoms with Gasteiger partial charge < -0.3 is 4.57 Å². The highest BCUT2D eigenvalue weighted by Crippen LogP contribution is 2.34. The molecule has 0 saturated heterocycles. The van der Waals surface area contributed by atoms with Crippen LogP contribution in [0.2, 0.25) is 5.15 Å². The Morgan fingerprint density at radius 2 is 2.06 bits per heavy atom. The lowest BCUT2D eigenvalue weighted by Crippen LogP contribution is -2.03. The van der Waals surface area contributed by atoms with Crippen molar-refractivity contribution in [3.8, 4) is 0 Å². The molecule has 0 bridgehead atoms. The Balaban J connectivity index is 2.22. The number of hydrogen-bond donors (Lipinski definition) is 0. The van der Waals surface area contributed by atoms with Crippen molar-refractivity contribution < 1.29 is 0 Å². The first-order valence-corrected chi connectivity index (χ1v) is 6.13. The van der Waals surface area contributed by atoms with Crippen LogP contribution in [0, 0.1) is 6.92 Å². The van der Waals surface area contributed by atoms with Crippen molar-refractivity contribution in [3.05, 3.63) is 23.2 Å². The second-order valence-corrected chi connectivity index (χ2v) is 4.88. The Morgan fingerprint density at radius 1 is 1.31 bits per heavy atom. The predicted octanol–water partition coefficient (Wildman–Crippen LogP) is 3.51. The van der Waals surface area contributed by atoms with Crippen LogP contribution in [0.15, 0.2) is 12.5 Å². The van der Waals surface area contributed by atoms with Gasteiger partial charge in [0.2, 0.25) is 0 Å². The third-order valence-corrected chi connectivity index (χ3v) is 3.76. The number of rotatable bonds is 1. The average Bonchev–Trinajstić information content (AvgIpc) is 2.86. The molecule has 0 aliphatic heterocycles. The fourth-order valence-electron chi connectivity index (χ4n) is 2.69. The number of nitrogens with zero attached hydrogens (tertiary/aromatic N) is 3. The standard InChI is InChI=1S/C12H14ClN3/c1-8-6-16(9-4-2-3-5-9)12-10(8)11(13)14-7-15-12/h6-7,9H,2-5H2,1H3. The third kappa shape index (κ3) is 1.42. The molecular weight excluding hydrogens is 222 g/mol. The van der Waals surface area contributed by atoms with Gasteiger partial charge in [0.1, 0.15) is 17.1 Å². The Bertz CT molecular complexity index is 526. The van der Waals surface area contributed by atoms with E-state index in [1.807, 2.05) is 0 Å². The van der Waals surface area contributed by atoms with E-state index in [2.05, 4.69) is 27.7 Å². The average molecular weight is 236 g/mol. The zero-order chi connectivity index (χ0) is 11.1. The smallest absolute Gasteiger partial charge is 0.145 e. The largest absolute Gasteiger partial charge is 0.329 e. The van der Waals surface area contributed by atoms with Gasteiger partial charge in [-0.15, -0.1) is 0 Å². The Labute approximate surface area is 99.5 Å². The fraction of sp³-hybridized carbons (Fsp3) is 0.500. The van der Waals surface area contributed by atoms with E-state index < -0.39 is 0 Å². The second-order valence-electron chi connectivity index (χ2n) is 4.52. The topological polar surface area (TPSA) is 30.7 Å². The van der Waals surface area contributed by atoms with Gasteiger partial charge in [0.15, 0.2) is 0 Å². The molecule has 0 amide bonds. The van der Waals surface area contributed by atoms with Crippen LogP contribution in [-0.4, -0.2) is 14.5 Å². The molecular formula is C12H14ClN3. The Hall–Kier alpha value is -1.09. The Morgan fingerprint density at radius 3 is 2.81 bits per heavy atom. The predicted molar refractivity (Wildman–Crippen MR) is 64.8 cm³/mol. The van der Waals surface area contributed by atoms with Crippen molar-refractivity contribution in [2.24, 2.45) is 0 Å². The lowest BCUT2D eigenvalue weighted by Gasteiger charge is -2.12. The Kier molecular flexibility index (Phi) is 2.36. The van der Waals surface area contributed by atoms with Crippen molar-refractivity contribution in [2.45, 2.75) is 38.6 Å². The molecule has 4 heteroatoms. The minimum atomic E-state index is 0.569. The first-order chi connectivity index (χ1) is 7.77. The number of aromatic nitrogens is 3. The van der Waals surface area contributed by atoms with E-state index in [1.165, 1.54) is 31.2 Å². The molecule has 84 valence electrons. The SMILES string of the molecule is Cc1cn(C2CCCC2)c2ncnc(Cl)c12. The molecule has 2 aromatic heterocycles. The quantitative estimate of drug-likeness (QED) is 0.709. The second kappa shape index (κ2) is 3.74. The maximum Gasteiger partial charge on any atom is 0.145 e.